The number of nitrogens with zero attached hydrogens (tertiary/aromatic N) is 2. The van der Waals surface area contributed by atoms with E-state index >= 15 is 0 Å². The lowest BCUT2D eigenvalue weighted by Gasteiger charge is -2.05. The number of hydrogen-bond donors (Lipinski definition) is 0. The van der Waals surface area contributed by atoms with Gasteiger partial charge in [-0.1, -0.05) is 26.0 Å². The summed E-state index contributed by atoms with van der Waals surface area (Å²) >= 11 is 0. The fourth-order valence-corrected chi connectivity index (χ4v) is 1.51. The standard InChI is InChI=1S/C13H9FN2O.C2H6/c1-17-13-6-10(8-16-12(13)7-15)9-3-2-4-11(14)5-9;1-2/h2-6,8H,1H3;1-2H3. The number of rotatable bonds is 2. The van der Waals surface area contributed by atoms with Gasteiger partial charge in [0.25, 0.3) is 0 Å². The predicted molar refractivity (Wildman–Crippen MR) is 72.2 cm³/mol. The van der Waals surface area contributed by atoms with Gasteiger partial charge >= 0.3 is 0 Å². The number of methoxy groups -OCH3 is 1. The average molecular weight is 258 g/mol. The molecule has 1 aromatic carbocycles. The fourth-order valence-electron chi connectivity index (χ4n) is 1.51. The number of nitriles is 1. The lowest BCUT2D eigenvalue weighted by molar-refractivity contribution is 0.411. The molecule has 0 atom stereocenters. The van der Waals surface area contributed by atoms with Gasteiger partial charge in [-0.05, 0) is 23.8 Å². The van der Waals surface area contributed by atoms with Crippen LogP contribution < -0.4 is 4.74 Å². The highest BCUT2D eigenvalue weighted by molar-refractivity contribution is 5.65. The number of pyridine rings is 1. The van der Waals surface area contributed by atoms with Crippen molar-refractivity contribution in [2.75, 3.05) is 7.11 Å². The van der Waals surface area contributed by atoms with Crippen molar-refractivity contribution in [1.29, 1.82) is 5.26 Å². The topological polar surface area (TPSA) is 45.9 Å². The quantitative estimate of drug-likeness (QED) is 0.823. The van der Waals surface area contributed by atoms with E-state index in [4.69, 9.17) is 10.00 Å². The molecular weight excluding hydrogens is 243 g/mol. The molecule has 1 heterocycles. The van der Waals surface area contributed by atoms with Crippen LogP contribution in [-0.4, -0.2) is 12.1 Å². The second-order valence-corrected chi connectivity index (χ2v) is 3.40. The van der Waals surface area contributed by atoms with Crippen molar-refractivity contribution in [2.45, 2.75) is 13.8 Å². The van der Waals surface area contributed by atoms with Crippen LogP contribution in [0.3, 0.4) is 0 Å². The van der Waals surface area contributed by atoms with Crippen LogP contribution in [0.15, 0.2) is 36.5 Å². The maximum absolute atomic E-state index is 13.1. The minimum atomic E-state index is -0.314. The Kier molecular flexibility index (Phi) is 5.49. The molecule has 1 aromatic heterocycles. The van der Waals surface area contributed by atoms with Gasteiger partial charge in [-0.2, -0.15) is 5.26 Å². The zero-order valence-electron chi connectivity index (χ0n) is 11.1. The van der Waals surface area contributed by atoms with E-state index in [0.29, 0.717) is 16.9 Å². The van der Waals surface area contributed by atoms with E-state index in [2.05, 4.69) is 4.98 Å². The van der Waals surface area contributed by atoms with E-state index in [1.807, 2.05) is 19.9 Å². The van der Waals surface area contributed by atoms with Crippen LogP contribution >= 0.6 is 0 Å². The van der Waals surface area contributed by atoms with Crippen LogP contribution in [0.4, 0.5) is 4.39 Å². The van der Waals surface area contributed by atoms with Crippen molar-refractivity contribution in [1.82, 2.24) is 4.98 Å². The summed E-state index contributed by atoms with van der Waals surface area (Å²) in [4.78, 5) is 3.97. The van der Waals surface area contributed by atoms with E-state index in [9.17, 15) is 4.39 Å². The summed E-state index contributed by atoms with van der Waals surface area (Å²) in [6.45, 7) is 4.00. The summed E-state index contributed by atoms with van der Waals surface area (Å²) in [7, 11) is 1.47. The predicted octanol–water partition coefficient (Wildman–Crippen LogP) is 3.79. The Morgan fingerprint density at radius 2 is 1.95 bits per heavy atom. The molecule has 0 radical (unpaired) electrons. The minimum absolute atomic E-state index is 0.215. The maximum atomic E-state index is 13.1. The molecule has 0 aliphatic rings. The van der Waals surface area contributed by atoms with E-state index < -0.39 is 0 Å². The lowest BCUT2D eigenvalue weighted by atomic mass is 10.1. The van der Waals surface area contributed by atoms with Gasteiger partial charge in [0.05, 0.1) is 7.11 Å². The second kappa shape index (κ2) is 7.12. The Labute approximate surface area is 112 Å². The first-order chi connectivity index (χ1) is 9.24. The van der Waals surface area contributed by atoms with Crippen molar-refractivity contribution >= 4 is 0 Å². The third-order valence-corrected chi connectivity index (χ3v) is 2.34. The van der Waals surface area contributed by atoms with E-state index in [-0.39, 0.29) is 11.5 Å². The molecule has 0 unspecified atom stereocenters. The molecular formula is C15H15FN2O. The highest BCUT2D eigenvalue weighted by atomic mass is 19.1. The van der Waals surface area contributed by atoms with Crippen molar-refractivity contribution < 1.29 is 9.13 Å². The zero-order valence-corrected chi connectivity index (χ0v) is 11.1. The van der Waals surface area contributed by atoms with Crippen LogP contribution in [0.2, 0.25) is 0 Å². The lowest BCUT2D eigenvalue weighted by Crippen LogP contribution is -1.92. The Hall–Kier alpha value is -2.41. The third-order valence-electron chi connectivity index (χ3n) is 2.34. The van der Waals surface area contributed by atoms with E-state index in [1.165, 1.54) is 25.4 Å². The van der Waals surface area contributed by atoms with Crippen molar-refractivity contribution in [3.05, 3.63) is 48.0 Å². The van der Waals surface area contributed by atoms with Crippen LogP contribution in [0.1, 0.15) is 19.5 Å². The van der Waals surface area contributed by atoms with Gasteiger partial charge in [-0.15, -0.1) is 0 Å². The first-order valence-corrected chi connectivity index (χ1v) is 5.94. The molecule has 0 saturated carbocycles. The summed E-state index contributed by atoms with van der Waals surface area (Å²) in [6, 6.07) is 9.76. The van der Waals surface area contributed by atoms with Crippen molar-refractivity contribution in [3.63, 3.8) is 0 Å². The number of hydrogen-bond acceptors (Lipinski definition) is 3. The molecule has 0 saturated heterocycles. The highest BCUT2D eigenvalue weighted by Gasteiger charge is 2.07. The smallest absolute Gasteiger partial charge is 0.182 e. The molecule has 0 fully saturated rings. The molecule has 0 spiro atoms. The van der Waals surface area contributed by atoms with Crippen molar-refractivity contribution in [3.8, 4) is 22.9 Å². The largest absolute Gasteiger partial charge is 0.494 e. The summed E-state index contributed by atoms with van der Waals surface area (Å²) in [6.07, 6.45) is 1.52. The summed E-state index contributed by atoms with van der Waals surface area (Å²) in [5.74, 6) is 0.0695. The van der Waals surface area contributed by atoms with Gasteiger partial charge in [-0.25, -0.2) is 9.37 Å². The van der Waals surface area contributed by atoms with E-state index in [1.54, 1.807) is 18.2 Å². The Balaban J connectivity index is 0.000000861. The molecule has 4 heteroatoms. The van der Waals surface area contributed by atoms with Crippen LogP contribution in [0.5, 0.6) is 5.75 Å². The number of halogens is 1. The average Bonchev–Trinajstić information content (AvgIpc) is 2.48. The molecule has 2 aromatic rings. The molecule has 0 N–H and O–H groups in total. The summed E-state index contributed by atoms with van der Waals surface area (Å²) in [5.41, 5.74) is 1.62. The number of ether oxygens (including phenoxy) is 1. The Morgan fingerprint density at radius 1 is 1.21 bits per heavy atom. The summed E-state index contributed by atoms with van der Waals surface area (Å²) < 4.78 is 18.1. The molecule has 19 heavy (non-hydrogen) atoms. The monoisotopic (exact) mass is 258 g/mol. The molecule has 2 rings (SSSR count). The highest BCUT2D eigenvalue weighted by Crippen LogP contribution is 2.25. The first-order valence-electron chi connectivity index (χ1n) is 5.94. The third kappa shape index (κ3) is 3.52. The van der Waals surface area contributed by atoms with Crippen LogP contribution in [0, 0.1) is 17.1 Å². The van der Waals surface area contributed by atoms with Gasteiger partial charge in [-0.3, -0.25) is 0 Å². The minimum Gasteiger partial charge on any atom is -0.494 e. The van der Waals surface area contributed by atoms with Gasteiger partial charge in [0, 0.05) is 11.8 Å². The van der Waals surface area contributed by atoms with Crippen LogP contribution in [-0.2, 0) is 0 Å². The number of aromatic nitrogens is 1. The first kappa shape index (κ1) is 14.7. The van der Waals surface area contributed by atoms with Gasteiger partial charge < -0.3 is 4.74 Å². The van der Waals surface area contributed by atoms with Gasteiger partial charge in [0.1, 0.15) is 11.9 Å². The van der Waals surface area contributed by atoms with Gasteiger partial charge in [0.15, 0.2) is 11.4 Å². The Bertz CT molecular complexity index is 591. The molecule has 3 nitrogen and oxygen atoms in total. The Morgan fingerprint density at radius 3 is 2.53 bits per heavy atom. The molecule has 0 aliphatic heterocycles. The second-order valence-electron chi connectivity index (χ2n) is 3.40. The summed E-state index contributed by atoms with van der Waals surface area (Å²) in [5, 5.41) is 8.80. The van der Waals surface area contributed by atoms with Crippen LogP contribution in [0.25, 0.3) is 11.1 Å². The van der Waals surface area contributed by atoms with Crippen molar-refractivity contribution in [2.24, 2.45) is 0 Å². The van der Waals surface area contributed by atoms with E-state index in [0.717, 1.165) is 0 Å². The fraction of sp³-hybridized carbons (Fsp3) is 0.200. The SMILES string of the molecule is CC.COc1cc(-c2cccc(F)c2)cnc1C#N. The maximum Gasteiger partial charge on any atom is 0.182 e. The van der Waals surface area contributed by atoms with Gasteiger partial charge in [0.2, 0.25) is 0 Å². The zero-order chi connectivity index (χ0) is 14.3. The molecule has 0 aliphatic carbocycles. The number of benzene rings is 1. The molecule has 98 valence electrons. The normalized spacial score (nSPS) is 9.00. The molecule has 0 amide bonds. The molecule has 0 bridgehead atoms.